The standard InChI is InChI=1S/C28H51NO10/c1-2-3-8-30-9-10-31-11-12-32-13-14-33-15-16-34-17-18-35-19-20-36-21-22-37-23-24-38-25-26-39-28-6-4-27(29)5-7-28/h4-7H,2-3,8-26,29H2,1H3. The summed E-state index contributed by atoms with van der Waals surface area (Å²) in [7, 11) is 0. The van der Waals surface area contributed by atoms with Crippen LogP contribution in [0.15, 0.2) is 24.3 Å². The summed E-state index contributed by atoms with van der Waals surface area (Å²) in [4.78, 5) is 0. The van der Waals surface area contributed by atoms with E-state index in [4.69, 9.17) is 53.1 Å². The average molecular weight is 562 g/mol. The molecule has 0 aromatic heterocycles. The third-order valence-electron chi connectivity index (χ3n) is 4.99. The molecule has 0 saturated carbocycles. The van der Waals surface area contributed by atoms with Crippen molar-refractivity contribution in [2.75, 3.05) is 131 Å². The Kier molecular flexibility index (Phi) is 26.8. The number of nitrogens with two attached hydrogens (primary N) is 1. The maximum absolute atomic E-state index is 5.63. The van der Waals surface area contributed by atoms with Crippen molar-refractivity contribution < 1.29 is 47.4 Å². The highest BCUT2D eigenvalue weighted by molar-refractivity contribution is 5.41. The SMILES string of the molecule is CCCCOCCOCCOCCOCCOCCOCCOCCOCCOCCOc1ccc(N)cc1. The van der Waals surface area contributed by atoms with E-state index in [2.05, 4.69) is 6.92 Å². The molecule has 0 heterocycles. The van der Waals surface area contributed by atoms with Crippen LogP contribution in [0.25, 0.3) is 0 Å². The predicted molar refractivity (Wildman–Crippen MR) is 149 cm³/mol. The van der Waals surface area contributed by atoms with Gasteiger partial charge in [0.1, 0.15) is 12.4 Å². The first kappa shape index (κ1) is 35.5. The lowest BCUT2D eigenvalue weighted by molar-refractivity contribution is -0.0254. The summed E-state index contributed by atoms with van der Waals surface area (Å²) in [6, 6.07) is 7.27. The van der Waals surface area contributed by atoms with Crippen molar-refractivity contribution in [2.24, 2.45) is 0 Å². The molecule has 1 aromatic rings. The molecule has 228 valence electrons. The van der Waals surface area contributed by atoms with E-state index in [9.17, 15) is 0 Å². The van der Waals surface area contributed by atoms with Gasteiger partial charge in [0.15, 0.2) is 0 Å². The van der Waals surface area contributed by atoms with E-state index in [1.165, 1.54) is 0 Å². The number of ether oxygens (including phenoxy) is 10. The van der Waals surface area contributed by atoms with Gasteiger partial charge in [0.05, 0.1) is 112 Å². The Hall–Kier alpha value is -1.54. The largest absolute Gasteiger partial charge is 0.491 e. The van der Waals surface area contributed by atoms with Crippen LogP contribution in [0.1, 0.15) is 19.8 Å². The molecule has 0 fully saturated rings. The maximum Gasteiger partial charge on any atom is 0.119 e. The van der Waals surface area contributed by atoms with Gasteiger partial charge in [-0.25, -0.2) is 0 Å². The van der Waals surface area contributed by atoms with E-state index in [0.717, 1.165) is 25.2 Å². The first-order valence-electron chi connectivity index (χ1n) is 14.0. The molecule has 11 heteroatoms. The Bertz CT molecular complexity index is 609. The predicted octanol–water partition coefficient (Wildman–Crippen LogP) is 2.60. The minimum Gasteiger partial charge on any atom is -0.491 e. The first-order chi connectivity index (χ1) is 19.3. The molecule has 2 N–H and O–H groups in total. The summed E-state index contributed by atoms with van der Waals surface area (Å²) in [6.07, 6.45) is 2.24. The lowest BCUT2D eigenvalue weighted by atomic mass is 10.3. The van der Waals surface area contributed by atoms with Crippen molar-refractivity contribution in [3.05, 3.63) is 24.3 Å². The summed E-state index contributed by atoms with van der Waals surface area (Å²) in [5.41, 5.74) is 6.35. The van der Waals surface area contributed by atoms with E-state index >= 15 is 0 Å². The van der Waals surface area contributed by atoms with Gasteiger partial charge in [-0.15, -0.1) is 0 Å². The van der Waals surface area contributed by atoms with Crippen LogP contribution in [0.3, 0.4) is 0 Å². The minimum absolute atomic E-state index is 0.481. The van der Waals surface area contributed by atoms with Crippen molar-refractivity contribution in [2.45, 2.75) is 19.8 Å². The van der Waals surface area contributed by atoms with Crippen LogP contribution in [-0.2, 0) is 42.6 Å². The van der Waals surface area contributed by atoms with Gasteiger partial charge < -0.3 is 53.1 Å². The smallest absolute Gasteiger partial charge is 0.119 e. The van der Waals surface area contributed by atoms with E-state index in [1.54, 1.807) is 12.1 Å². The van der Waals surface area contributed by atoms with Gasteiger partial charge in [-0.05, 0) is 30.7 Å². The van der Waals surface area contributed by atoms with Crippen LogP contribution in [0.2, 0.25) is 0 Å². The molecule has 0 radical (unpaired) electrons. The molecular weight excluding hydrogens is 510 g/mol. The number of unbranched alkanes of at least 4 members (excludes halogenated alkanes) is 1. The van der Waals surface area contributed by atoms with Crippen LogP contribution in [0.5, 0.6) is 5.75 Å². The van der Waals surface area contributed by atoms with Crippen LogP contribution in [0, 0.1) is 0 Å². The third kappa shape index (κ3) is 26.4. The van der Waals surface area contributed by atoms with Crippen molar-refractivity contribution in [3.8, 4) is 5.75 Å². The zero-order valence-corrected chi connectivity index (χ0v) is 23.8. The fourth-order valence-electron chi connectivity index (χ4n) is 2.89. The second kappa shape index (κ2) is 29.4. The Morgan fingerprint density at radius 2 is 0.692 bits per heavy atom. The Labute approximate surface area is 234 Å². The highest BCUT2D eigenvalue weighted by Gasteiger charge is 1.97. The monoisotopic (exact) mass is 561 g/mol. The van der Waals surface area contributed by atoms with Crippen molar-refractivity contribution in [3.63, 3.8) is 0 Å². The molecule has 1 aromatic carbocycles. The number of nitrogen functional groups attached to an aromatic ring is 1. The van der Waals surface area contributed by atoms with Gasteiger partial charge in [0, 0.05) is 12.3 Å². The molecule has 1 rings (SSSR count). The quantitative estimate of drug-likeness (QED) is 0.106. The minimum atomic E-state index is 0.481. The third-order valence-corrected chi connectivity index (χ3v) is 4.99. The van der Waals surface area contributed by atoms with Crippen molar-refractivity contribution in [1.82, 2.24) is 0 Å². The molecule has 0 amide bonds. The van der Waals surface area contributed by atoms with E-state index in [-0.39, 0.29) is 0 Å². The van der Waals surface area contributed by atoms with Crippen molar-refractivity contribution >= 4 is 5.69 Å². The zero-order chi connectivity index (χ0) is 27.9. The topological polar surface area (TPSA) is 118 Å². The van der Waals surface area contributed by atoms with Crippen LogP contribution in [-0.4, -0.2) is 126 Å². The highest BCUT2D eigenvalue weighted by Crippen LogP contribution is 2.12. The molecule has 11 nitrogen and oxygen atoms in total. The summed E-state index contributed by atoms with van der Waals surface area (Å²) >= 11 is 0. The Balaban J connectivity index is 1.64. The summed E-state index contributed by atoms with van der Waals surface area (Å²) < 4.78 is 54.6. The summed E-state index contributed by atoms with van der Waals surface area (Å²) in [6.45, 7) is 12.6. The molecular formula is C28H51NO10. The molecule has 0 aliphatic carbocycles. The first-order valence-corrected chi connectivity index (χ1v) is 14.0. The number of hydrogen-bond donors (Lipinski definition) is 1. The van der Waals surface area contributed by atoms with Gasteiger partial charge >= 0.3 is 0 Å². The summed E-state index contributed by atoms with van der Waals surface area (Å²) in [5, 5.41) is 0. The molecule has 0 saturated heterocycles. The molecule has 0 atom stereocenters. The van der Waals surface area contributed by atoms with Crippen LogP contribution < -0.4 is 10.5 Å². The van der Waals surface area contributed by atoms with Gasteiger partial charge in [-0.2, -0.15) is 0 Å². The van der Waals surface area contributed by atoms with Gasteiger partial charge in [0.2, 0.25) is 0 Å². The molecule has 0 aliphatic rings. The molecule has 0 bridgehead atoms. The van der Waals surface area contributed by atoms with Crippen LogP contribution >= 0.6 is 0 Å². The Morgan fingerprint density at radius 1 is 0.410 bits per heavy atom. The van der Waals surface area contributed by atoms with Gasteiger partial charge in [-0.3, -0.25) is 0 Å². The van der Waals surface area contributed by atoms with Gasteiger partial charge in [0.25, 0.3) is 0 Å². The zero-order valence-electron chi connectivity index (χ0n) is 23.8. The van der Waals surface area contributed by atoms with E-state index in [0.29, 0.717) is 125 Å². The maximum atomic E-state index is 5.63. The molecule has 39 heavy (non-hydrogen) atoms. The second-order valence-electron chi connectivity index (χ2n) is 8.28. The number of hydrogen-bond acceptors (Lipinski definition) is 11. The normalized spacial score (nSPS) is 11.3. The van der Waals surface area contributed by atoms with Crippen LogP contribution in [0.4, 0.5) is 5.69 Å². The summed E-state index contributed by atoms with van der Waals surface area (Å²) in [5.74, 6) is 0.776. The van der Waals surface area contributed by atoms with Crippen molar-refractivity contribution in [1.29, 1.82) is 0 Å². The fourth-order valence-corrected chi connectivity index (χ4v) is 2.89. The fraction of sp³-hybridized carbons (Fsp3) is 0.786. The number of anilines is 1. The second-order valence-corrected chi connectivity index (χ2v) is 8.28. The van der Waals surface area contributed by atoms with Gasteiger partial charge in [-0.1, -0.05) is 13.3 Å². The lowest BCUT2D eigenvalue weighted by Crippen LogP contribution is -2.15. The van der Waals surface area contributed by atoms with E-state index in [1.807, 2.05) is 12.1 Å². The average Bonchev–Trinajstić information content (AvgIpc) is 2.95. The Morgan fingerprint density at radius 3 is 1.00 bits per heavy atom. The van der Waals surface area contributed by atoms with E-state index < -0.39 is 0 Å². The molecule has 0 spiro atoms. The number of benzene rings is 1. The highest BCUT2D eigenvalue weighted by atomic mass is 16.6. The molecule has 0 aliphatic heterocycles. The molecule has 0 unspecified atom stereocenters. The lowest BCUT2D eigenvalue weighted by Gasteiger charge is -2.09. The number of rotatable bonds is 31.